The van der Waals surface area contributed by atoms with E-state index in [1.165, 1.54) is 0 Å². The number of carbonyl (C=O) groups is 1. The first-order chi connectivity index (χ1) is 9.26. The fourth-order valence-corrected chi connectivity index (χ4v) is 2.14. The highest BCUT2D eigenvalue weighted by molar-refractivity contribution is 6.00. The zero-order chi connectivity index (χ0) is 13.7. The number of benzene rings is 1. The minimum absolute atomic E-state index is 0.0624. The number of amides is 1. The summed E-state index contributed by atoms with van der Waals surface area (Å²) in [6.07, 6.45) is 5.44. The molecule has 0 saturated carbocycles. The van der Waals surface area contributed by atoms with E-state index in [4.69, 9.17) is 11.2 Å². The van der Waals surface area contributed by atoms with E-state index >= 15 is 0 Å². The highest BCUT2D eigenvalue weighted by Crippen LogP contribution is 2.23. The Labute approximate surface area is 113 Å². The normalized spacial score (nSPS) is 14.8. The van der Waals surface area contributed by atoms with Crippen molar-refractivity contribution < 1.29 is 9.53 Å². The van der Waals surface area contributed by atoms with E-state index in [9.17, 15) is 4.79 Å². The highest BCUT2D eigenvalue weighted by atomic mass is 16.5. The molecule has 0 atom stereocenters. The van der Waals surface area contributed by atoms with Crippen LogP contribution in [0.15, 0.2) is 18.2 Å². The molecule has 1 heterocycles. The molecule has 2 rings (SSSR count). The number of hydrogen-bond donors (Lipinski definition) is 1. The highest BCUT2D eigenvalue weighted by Gasteiger charge is 2.18. The Morgan fingerprint density at radius 3 is 2.84 bits per heavy atom. The van der Waals surface area contributed by atoms with Crippen molar-refractivity contribution in [1.82, 2.24) is 5.32 Å². The maximum atomic E-state index is 12.1. The standard InChI is InChI=1S/C15H18N2O2/c1-3-12-5-6-13(15(18)16-4-2)14(11-12)17-7-9-19-10-8-17/h1,5-6,11H,4,7-10H2,2H3,(H,16,18). The Morgan fingerprint density at radius 2 is 2.21 bits per heavy atom. The zero-order valence-corrected chi connectivity index (χ0v) is 11.1. The predicted octanol–water partition coefficient (Wildman–Crippen LogP) is 1.25. The molecule has 100 valence electrons. The first-order valence-electron chi connectivity index (χ1n) is 6.47. The molecule has 1 aromatic carbocycles. The van der Waals surface area contributed by atoms with Crippen LogP contribution >= 0.6 is 0 Å². The van der Waals surface area contributed by atoms with Crippen LogP contribution in [0.3, 0.4) is 0 Å². The summed E-state index contributed by atoms with van der Waals surface area (Å²) in [4.78, 5) is 14.2. The van der Waals surface area contributed by atoms with Crippen LogP contribution in [-0.2, 0) is 4.74 Å². The van der Waals surface area contributed by atoms with Crippen LogP contribution in [0.1, 0.15) is 22.8 Å². The minimum Gasteiger partial charge on any atom is -0.378 e. The van der Waals surface area contributed by atoms with E-state index in [1.54, 1.807) is 12.1 Å². The van der Waals surface area contributed by atoms with Crippen LogP contribution in [0.5, 0.6) is 0 Å². The third-order valence-corrected chi connectivity index (χ3v) is 3.10. The number of terminal acetylenes is 1. The van der Waals surface area contributed by atoms with Gasteiger partial charge in [-0.05, 0) is 25.1 Å². The summed E-state index contributed by atoms with van der Waals surface area (Å²) in [6.45, 7) is 5.42. The van der Waals surface area contributed by atoms with Gasteiger partial charge in [0.15, 0.2) is 0 Å². The van der Waals surface area contributed by atoms with Gasteiger partial charge >= 0.3 is 0 Å². The first-order valence-corrected chi connectivity index (χ1v) is 6.47. The van der Waals surface area contributed by atoms with Crippen molar-refractivity contribution in [2.24, 2.45) is 0 Å². The molecule has 1 aliphatic rings. The second kappa shape index (κ2) is 6.26. The zero-order valence-electron chi connectivity index (χ0n) is 11.1. The van der Waals surface area contributed by atoms with Gasteiger partial charge in [0.25, 0.3) is 5.91 Å². The van der Waals surface area contributed by atoms with Crippen molar-refractivity contribution in [1.29, 1.82) is 0 Å². The molecule has 4 heteroatoms. The number of anilines is 1. The van der Waals surface area contributed by atoms with Crippen LogP contribution in [0.2, 0.25) is 0 Å². The van der Waals surface area contributed by atoms with Gasteiger partial charge < -0.3 is 15.0 Å². The monoisotopic (exact) mass is 258 g/mol. The molecule has 1 saturated heterocycles. The second-order valence-corrected chi connectivity index (χ2v) is 4.34. The summed E-state index contributed by atoms with van der Waals surface area (Å²) >= 11 is 0. The Balaban J connectivity index is 2.36. The molecule has 1 amide bonds. The Morgan fingerprint density at radius 1 is 1.47 bits per heavy atom. The Hall–Kier alpha value is -1.99. The molecule has 0 bridgehead atoms. The van der Waals surface area contributed by atoms with E-state index < -0.39 is 0 Å². The van der Waals surface area contributed by atoms with Crippen LogP contribution < -0.4 is 10.2 Å². The minimum atomic E-state index is -0.0624. The molecule has 1 N–H and O–H groups in total. The maximum absolute atomic E-state index is 12.1. The summed E-state index contributed by atoms with van der Waals surface area (Å²) in [7, 11) is 0. The first kappa shape index (κ1) is 13.4. The van der Waals surface area contributed by atoms with Gasteiger partial charge in [-0.1, -0.05) is 5.92 Å². The van der Waals surface area contributed by atoms with Gasteiger partial charge in [-0.25, -0.2) is 0 Å². The van der Waals surface area contributed by atoms with Gasteiger partial charge in [-0.3, -0.25) is 4.79 Å². The molecule has 1 aromatic rings. The molecular weight excluding hydrogens is 240 g/mol. The quantitative estimate of drug-likeness (QED) is 0.830. The van der Waals surface area contributed by atoms with E-state index in [-0.39, 0.29) is 5.91 Å². The molecule has 0 aliphatic carbocycles. The number of morpholine rings is 1. The van der Waals surface area contributed by atoms with Gasteiger partial charge in [-0.15, -0.1) is 6.42 Å². The van der Waals surface area contributed by atoms with Crippen molar-refractivity contribution in [2.45, 2.75) is 6.92 Å². The number of carbonyl (C=O) groups excluding carboxylic acids is 1. The fourth-order valence-electron chi connectivity index (χ4n) is 2.14. The summed E-state index contributed by atoms with van der Waals surface area (Å²) in [6, 6.07) is 5.50. The van der Waals surface area contributed by atoms with Crippen molar-refractivity contribution in [3.05, 3.63) is 29.3 Å². The lowest BCUT2D eigenvalue weighted by molar-refractivity contribution is 0.0954. The number of nitrogens with one attached hydrogen (secondary N) is 1. The smallest absolute Gasteiger partial charge is 0.253 e. The van der Waals surface area contributed by atoms with Crippen molar-refractivity contribution in [2.75, 3.05) is 37.7 Å². The lowest BCUT2D eigenvalue weighted by atomic mass is 10.1. The second-order valence-electron chi connectivity index (χ2n) is 4.34. The topological polar surface area (TPSA) is 41.6 Å². The average Bonchev–Trinajstić information content (AvgIpc) is 2.47. The van der Waals surface area contributed by atoms with Crippen molar-refractivity contribution in [3.63, 3.8) is 0 Å². The maximum Gasteiger partial charge on any atom is 0.253 e. The van der Waals surface area contributed by atoms with Crippen LogP contribution in [0.25, 0.3) is 0 Å². The lowest BCUT2D eigenvalue weighted by Gasteiger charge is -2.30. The van der Waals surface area contributed by atoms with E-state index in [0.717, 1.165) is 24.3 Å². The summed E-state index contributed by atoms with van der Waals surface area (Å²) in [5.41, 5.74) is 2.35. The summed E-state index contributed by atoms with van der Waals surface area (Å²) in [5.74, 6) is 2.55. The molecule has 1 fully saturated rings. The molecule has 0 spiro atoms. The SMILES string of the molecule is C#Cc1ccc(C(=O)NCC)c(N2CCOCC2)c1. The van der Waals surface area contributed by atoms with Gasteiger partial charge in [0.1, 0.15) is 0 Å². The van der Waals surface area contributed by atoms with Gasteiger partial charge in [0.2, 0.25) is 0 Å². The molecule has 0 aromatic heterocycles. The van der Waals surface area contributed by atoms with Crippen LogP contribution in [0.4, 0.5) is 5.69 Å². The third-order valence-electron chi connectivity index (χ3n) is 3.10. The van der Waals surface area contributed by atoms with Crippen LogP contribution in [-0.4, -0.2) is 38.8 Å². The number of nitrogens with zero attached hydrogens (tertiary/aromatic N) is 1. The van der Waals surface area contributed by atoms with Gasteiger partial charge in [-0.2, -0.15) is 0 Å². The lowest BCUT2D eigenvalue weighted by Crippen LogP contribution is -2.38. The summed E-state index contributed by atoms with van der Waals surface area (Å²) < 4.78 is 5.34. The molecule has 0 unspecified atom stereocenters. The number of ether oxygens (including phenoxy) is 1. The number of rotatable bonds is 3. The van der Waals surface area contributed by atoms with Crippen molar-refractivity contribution in [3.8, 4) is 12.3 Å². The molecule has 0 radical (unpaired) electrons. The molecule has 1 aliphatic heterocycles. The predicted molar refractivity (Wildman–Crippen MR) is 75.4 cm³/mol. The number of hydrogen-bond acceptors (Lipinski definition) is 3. The van der Waals surface area contributed by atoms with E-state index in [0.29, 0.717) is 25.3 Å². The van der Waals surface area contributed by atoms with Crippen LogP contribution in [0, 0.1) is 12.3 Å². The average molecular weight is 258 g/mol. The van der Waals surface area contributed by atoms with E-state index in [2.05, 4.69) is 16.1 Å². The largest absolute Gasteiger partial charge is 0.378 e. The molecule has 19 heavy (non-hydrogen) atoms. The van der Waals surface area contributed by atoms with Gasteiger partial charge in [0, 0.05) is 25.2 Å². The fraction of sp³-hybridized carbons (Fsp3) is 0.400. The Bertz CT molecular complexity index is 499. The summed E-state index contributed by atoms with van der Waals surface area (Å²) in [5, 5.41) is 2.83. The van der Waals surface area contributed by atoms with Gasteiger partial charge in [0.05, 0.1) is 24.5 Å². The third kappa shape index (κ3) is 3.07. The molecular formula is C15H18N2O2. The Kier molecular flexibility index (Phi) is 4.43. The van der Waals surface area contributed by atoms with E-state index in [1.807, 2.05) is 13.0 Å². The van der Waals surface area contributed by atoms with Crippen molar-refractivity contribution >= 4 is 11.6 Å². The molecule has 4 nitrogen and oxygen atoms in total.